The Hall–Kier alpha value is -1.33. The van der Waals surface area contributed by atoms with Gasteiger partial charge in [0.25, 0.3) is 5.91 Å². The van der Waals surface area contributed by atoms with Crippen LogP contribution in [-0.4, -0.2) is 5.91 Å². The van der Waals surface area contributed by atoms with Crippen LogP contribution in [0.5, 0.6) is 0 Å². The van der Waals surface area contributed by atoms with Gasteiger partial charge in [0.1, 0.15) is 12.0 Å². The summed E-state index contributed by atoms with van der Waals surface area (Å²) in [6, 6.07) is 1.54. The third-order valence-electron chi connectivity index (χ3n) is 1.25. The molecule has 11 heavy (non-hydrogen) atoms. The standard InChI is InChI=1S/C6H9N3O2/c7-2-5-1-4(3-11-5)6(10)9-8/h1,3H,2,7-8H2,(H,9,10). The van der Waals surface area contributed by atoms with Crippen LogP contribution in [0.25, 0.3) is 0 Å². The molecule has 5 nitrogen and oxygen atoms in total. The summed E-state index contributed by atoms with van der Waals surface area (Å²) in [5.74, 6) is 5.06. The van der Waals surface area contributed by atoms with E-state index in [1.165, 1.54) is 6.26 Å². The van der Waals surface area contributed by atoms with Gasteiger partial charge >= 0.3 is 0 Å². The molecule has 0 aliphatic carbocycles. The quantitative estimate of drug-likeness (QED) is 0.300. The van der Waals surface area contributed by atoms with Gasteiger partial charge in [-0.1, -0.05) is 0 Å². The van der Waals surface area contributed by atoms with Crippen LogP contribution in [0.3, 0.4) is 0 Å². The molecule has 0 bridgehead atoms. The Morgan fingerprint density at radius 3 is 2.91 bits per heavy atom. The molecule has 1 aromatic rings. The minimum absolute atomic E-state index is 0.276. The molecule has 0 saturated heterocycles. The second-order valence-electron chi connectivity index (χ2n) is 1.98. The van der Waals surface area contributed by atoms with Crippen molar-refractivity contribution in [1.82, 2.24) is 5.43 Å². The van der Waals surface area contributed by atoms with Gasteiger partial charge in [0, 0.05) is 0 Å². The van der Waals surface area contributed by atoms with E-state index >= 15 is 0 Å². The predicted molar refractivity (Wildman–Crippen MR) is 38.3 cm³/mol. The lowest BCUT2D eigenvalue weighted by Crippen LogP contribution is -2.29. The van der Waals surface area contributed by atoms with E-state index in [0.29, 0.717) is 11.3 Å². The first-order valence-corrected chi connectivity index (χ1v) is 3.06. The van der Waals surface area contributed by atoms with Gasteiger partial charge in [-0.05, 0) is 6.07 Å². The lowest BCUT2D eigenvalue weighted by molar-refractivity contribution is 0.0953. The predicted octanol–water partition coefficient (Wildman–Crippen LogP) is -0.658. The van der Waals surface area contributed by atoms with Crippen molar-refractivity contribution in [3.8, 4) is 0 Å². The van der Waals surface area contributed by atoms with E-state index in [-0.39, 0.29) is 12.5 Å². The van der Waals surface area contributed by atoms with Gasteiger partial charge in [-0.3, -0.25) is 10.2 Å². The first-order valence-electron chi connectivity index (χ1n) is 3.06. The second-order valence-corrected chi connectivity index (χ2v) is 1.98. The molecule has 1 amide bonds. The molecule has 5 heteroatoms. The van der Waals surface area contributed by atoms with Gasteiger partial charge in [0.15, 0.2) is 0 Å². The first-order chi connectivity index (χ1) is 5.27. The first kappa shape index (κ1) is 7.77. The van der Waals surface area contributed by atoms with Crippen LogP contribution in [0.1, 0.15) is 16.1 Å². The number of furan rings is 1. The molecule has 0 aromatic carbocycles. The number of hydrazine groups is 1. The summed E-state index contributed by atoms with van der Waals surface area (Å²) in [4.78, 5) is 10.8. The molecular formula is C6H9N3O2. The van der Waals surface area contributed by atoms with E-state index < -0.39 is 0 Å². The molecule has 0 unspecified atom stereocenters. The fourth-order valence-electron chi connectivity index (χ4n) is 0.690. The summed E-state index contributed by atoms with van der Waals surface area (Å²) in [6.07, 6.45) is 1.31. The zero-order valence-electron chi connectivity index (χ0n) is 5.83. The lowest BCUT2D eigenvalue weighted by Gasteiger charge is -1.90. The van der Waals surface area contributed by atoms with Gasteiger partial charge in [0.05, 0.1) is 12.1 Å². The van der Waals surface area contributed by atoms with Crippen molar-refractivity contribution in [1.29, 1.82) is 0 Å². The van der Waals surface area contributed by atoms with Crippen LogP contribution in [0, 0.1) is 0 Å². The topological polar surface area (TPSA) is 94.3 Å². The Bertz CT molecular complexity index is 256. The number of nitrogens with one attached hydrogen (secondary N) is 1. The van der Waals surface area contributed by atoms with Crippen molar-refractivity contribution in [3.63, 3.8) is 0 Å². The normalized spacial score (nSPS) is 9.64. The number of carbonyl (C=O) groups excluding carboxylic acids is 1. The molecule has 1 rings (SSSR count). The number of hydrogen-bond acceptors (Lipinski definition) is 4. The van der Waals surface area contributed by atoms with Crippen molar-refractivity contribution in [2.45, 2.75) is 6.54 Å². The Morgan fingerprint density at radius 2 is 2.45 bits per heavy atom. The van der Waals surface area contributed by atoms with Gasteiger partial charge in [-0.25, -0.2) is 5.84 Å². The Balaban J connectivity index is 2.80. The summed E-state index contributed by atoms with van der Waals surface area (Å²) in [7, 11) is 0. The molecule has 0 aliphatic heterocycles. The highest BCUT2D eigenvalue weighted by atomic mass is 16.3. The SMILES string of the molecule is NCc1cc(C(=O)NN)co1. The van der Waals surface area contributed by atoms with Crippen molar-refractivity contribution in [2.75, 3.05) is 0 Å². The van der Waals surface area contributed by atoms with Crippen molar-refractivity contribution in [3.05, 3.63) is 23.7 Å². The zero-order chi connectivity index (χ0) is 8.27. The average molecular weight is 155 g/mol. The number of nitrogen functional groups attached to an aromatic ring is 1. The molecule has 0 fully saturated rings. The third kappa shape index (κ3) is 1.57. The molecule has 5 N–H and O–H groups in total. The highest BCUT2D eigenvalue weighted by Gasteiger charge is 2.06. The maximum atomic E-state index is 10.8. The van der Waals surface area contributed by atoms with Crippen molar-refractivity contribution in [2.24, 2.45) is 11.6 Å². The summed E-state index contributed by atoms with van der Waals surface area (Å²) in [5, 5.41) is 0. The molecule has 0 saturated carbocycles. The fourth-order valence-corrected chi connectivity index (χ4v) is 0.690. The molecule has 1 heterocycles. The Labute approximate surface area is 63.3 Å². The summed E-state index contributed by atoms with van der Waals surface area (Å²) < 4.78 is 4.90. The van der Waals surface area contributed by atoms with E-state index in [4.69, 9.17) is 16.0 Å². The largest absolute Gasteiger partial charge is 0.467 e. The highest BCUT2D eigenvalue weighted by molar-refractivity contribution is 5.93. The van der Waals surface area contributed by atoms with E-state index in [2.05, 4.69) is 0 Å². The second kappa shape index (κ2) is 3.18. The number of carbonyl (C=O) groups is 1. The van der Waals surface area contributed by atoms with Crippen LogP contribution in [0.2, 0.25) is 0 Å². The highest BCUT2D eigenvalue weighted by Crippen LogP contribution is 2.05. The molecule has 0 radical (unpaired) electrons. The fraction of sp³-hybridized carbons (Fsp3) is 0.167. The minimum atomic E-state index is -0.381. The zero-order valence-corrected chi connectivity index (χ0v) is 5.83. The smallest absolute Gasteiger partial charge is 0.268 e. The number of hydrogen-bond donors (Lipinski definition) is 3. The van der Waals surface area contributed by atoms with Crippen molar-refractivity contribution >= 4 is 5.91 Å². The summed E-state index contributed by atoms with van der Waals surface area (Å²) >= 11 is 0. The van der Waals surface area contributed by atoms with Crippen LogP contribution in [0.15, 0.2) is 16.7 Å². The molecule has 1 aromatic heterocycles. The third-order valence-corrected chi connectivity index (χ3v) is 1.25. The average Bonchev–Trinajstić information content (AvgIpc) is 2.50. The summed E-state index contributed by atoms with van der Waals surface area (Å²) in [6.45, 7) is 0.276. The van der Waals surface area contributed by atoms with Crippen LogP contribution in [-0.2, 0) is 6.54 Å². The Kier molecular flexibility index (Phi) is 2.25. The van der Waals surface area contributed by atoms with Crippen LogP contribution < -0.4 is 17.0 Å². The Morgan fingerprint density at radius 1 is 1.73 bits per heavy atom. The lowest BCUT2D eigenvalue weighted by atomic mass is 10.3. The molecule has 60 valence electrons. The molecular weight excluding hydrogens is 146 g/mol. The van der Waals surface area contributed by atoms with Crippen LogP contribution in [0.4, 0.5) is 0 Å². The molecule has 0 aliphatic rings. The van der Waals surface area contributed by atoms with Gasteiger partial charge in [0.2, 0.25) is 0 Å². The van der Waals surface area contributed by atoms with E-state index in [1.807, 2.05) is 5.43 Å². The molecule has 0 atom stereocenters. The van der Waals surface area contributed by atoms with Gasteiger partial charge < -0.3 is 10.2 Å². The summed E-state index contributed by atoms with van der Waals surface area (Å²) in [5.41, 5.74) is 7.61. The van der Waals surface area contributed by atoms with E-state index in [9.17, 15) is 4.79 Å². The number of rotatable bonds is 2. The van der Waals surface area contributed by atoms with Gasteiger partial charge in [-0.15, -0.1) is 0 Å². The van der Waals surface area contributed by atoms with E-state index in [1.54, 1.807) is 6.07 Å². The van der Waals surface area contributed by atoms with Gasteiger partial charge in [-0.2, -0.15) is 0 Å². The number of amides is 1. The van der Waals surface area contributed by atoms with Crippen molar-refractivity contribution < 1.29 is 9.21 Å². The van der Waals surface area contributed by atoms with E-state index in [0.717, 1.165) is 0 Å². The molecule has 0 spiro atoms. The monoisotopic (exact) mass is 155 g/mol. The maximum Gasteiger partial charge on any atom is 0.268 e. The van der Waals surface area contributed by atoms with Crippen LogP contribution >= 0.6 is 0 Å². The maximum absolute atomic E-state index is 10.8. The minimum Gasteiger partial charge on any atom is -0.467 e. The number of nitrogens with two attached hydrogens (primary N) is 2.